The Kier molecular flexibility index (Phi) is 6.82. The van der Waals surface area contributed by atoms with Crippen molar-refractivity contribution in [2.75, 3.05) is 5.32 Å². The van der Waals surface area contributed by atoms with E-state index < -0.39 is 18.3 Å². The van der Waals surface area contributed by atoms with E-state index in [-0.39, 0.29) is 22.9 Å². The van der Waals surface area contributed by atoms with Gasteiger partial charge in [-0.15, -0.1) is 0 Å². The molecular formula is C19H16F2IN5O3. The van der Waals surface area contributed by atoms with Crippen LogP contribution in [0.4, 0.5) is 26.1 Å². The molecule has 11 heteroatoms. The third-order valence-electron chi connectivity index (χ3n) is 3.88. The second kappa shape index (κ2) is 9.52. The van der Waals surface area contributed by atoms with Crippen LogP contribution in [-0.2, 0) is 4.43 Å². The first-order valence-electron chi connectivity index (χ1n) is 8.49. The van der Waals surface area contributed by atoms with Gasteiger partial charge in [0, 0.05) is 16.3 Å². The summed E-state index contributed by atoms with van der Waals surface area (Å²) in [5.74, 6) is -1.27. The third kappa shape index (κ3) is 5.23. The van der Waals surface area contributed by atoms with E-state index in [0.29, 0.717) is 5.56 Å². The normalized spacial score (nSPS) is 11.2. The van der Waals surface area contributed by atoms with Crippen LogP contribution in [0, 0.1) is 0 Å². The Balaban J connectivity index is 1.84. The van der Waals surface area contributed by atoms with Gasteiger partial charge in [0.15, 0.2) is 23.1 Å². The average molecular weight is 527 g/mol. The highest BCUT2D eigenvalue weighted by Crippen LogP contribution is 2.29. The average Bonchev–Trinajstić information content (AvgIpc) is 3.10. The van der Waals surface area contributed by atoms with Crippen molar-refractivity contribution in [1.82, 2.24) is 10.2 Å². The SMILES string of the molecule is NC(=O)c1c(Nc2cccc(CI)c2)n[nH]c1/N=C/c1ccc(OC(F)F)c(O)c1. The molecule has 0 unspecified atom stereocenters. The molecule has 3 aromatic rings. The summed E-state index contributed by atoms with van der Waals surface area (Å²) in [4.78, 5) is 16.1. The summed E-state index contributed by atoms with van der Waals surface area (Å²) in [7, 11) is 0. The van der Waals surface area contributed by atoms with Gasteiger partial charge in [0.1, 0.15) is 5.56 Å². The summed E-state index contributed by atoms with van der Waals surface area (Å²) in [6, 6.07) is 11.4. The zero-order chi connectivity index (χ0) is 21.7. The zero-order valence-corrected chi connectivity index (χ0v) is 17.4. The Morgan fingerprint density at radius 3 is 2.83 bits per heavy atom. The number of alkyl halides is 3. The van der Waals surface area contributed by atoms with Gasteiger partial charge in [-0.3, -0.25) is 9.89 Å². The second-order valence-corrected chi connectivity index (χ2v) is 6.75. The van der Waals surface area contributed by atoms with Gasteiger partial charge < -0.3 is 20.9 Å². The number of halogens is 3. The van der Waals surface area contributed by atoms with Gasteiger partial charge in [0.2, 0.25) is 0 Å². The monoisotopic (exact) mass is 527 g/mol. The minimum atomic E-state index is -3.05. The zero-order valence-electron chi connectivity index (χ0n) is 15.3. The molecule has 3 rings (SSSR count). The number of aromatic amines is 1. The van der Waals surface area contributed by atoms with Crippen molar-refractivity contribution in [2.45, 2.75) is 11.0 Å². The lowest BCUT2D eigenvalue weighted by Gasteiger charge is -2.07. The number of nitrogens with two attached hydrogens (primary N) is 1. The number of aromatic nitrogens is 2. The summed E-state index contributed by atoms with van der Waals surface area (Å²) >= 11 is 2.24. The molecule has 156 valence electrons. The molecule has 1 aromatic heterocycles. The predicted octanol–water partition coefficient (Wildman–Crippen LogP) is 4.24. The molecule has 0 fully saturated rings. The van der Waals surface area contributed by atoms with E-state index in [2.05, 4.69) is 47.8 Å². The summed E-state index contributed by atoms with van der Waals surface area (Å²) in [5, 5.41) is 19.5. The van der Waals surface area contributed by atoms with Crippen LogP contribution < -0.4 is 15.8 Å². The standard InChI is InChI=1S/C19H16F2IN5O3/c20-19(21)30-14-5-4-11(7-13(14)28)9-24-17-15(16(23)29)18(27-26-17)25-12-3-1-2-10(6-12)8-22/h1-7,9,19,28H,8H2,(H2,23,29)(H2,25,26,27)/b24-9+. The molecule has 0 spiro atoms. The number of nitrogens with one attached hydrogen (secondary N) is 2. The van der Waals surface area contributed by atoms with E-state index >= 15 is 0 Å². The van der Waals surface area contributed by atoms with E-state index in [0.717, 1.165) is 15.7 Å². The maximum atomic E-state index is 12.3. The van der Waals surface area contributed by atoms with Crippen molar-refractivity contribution >= 4 is 52.0 Å². The summed E-state index contributed by atoms with van der Waals surface area (Å²) in [5.41, 5.74) is 7.74. The Morgan fingerprint density at radius 1 is 1.37 bits per heavy atom. The largest absolute Gasteiger partial charge is 0.504 e. The highest BCUT2D eigenvalue weighted by atomic mass is 127. The van der Waals surface area contributed by atoms with E-state index in [1.807, 2.05) is 24.3 Å². The lowest BCUT2D eigenvalue weighted by atomic mass is 10.2. The van der Waals surface area contributed by atoms with Crippen LogP contribution in [0.1, 0.15) is 21.5 Å². The number of carbonyl (C=O) groups excluding carboxylic acids is 1. The fourth-order valence-electron chi connectivity index (χ4n) is 2.57. The molecule has 5 N–H and O–H groups in total. The molecule has 1 amide bonds. The number of carbonyl (C=O) groups is 1. The number of aliphatic imine (C=N–C) groups is 1. The number of benzene rings is 2. The van der Waals surface area contributed by atoms with E-state index in [1.54, 1.807) is 0 Å². The molecule has 30 heavy (non-hydrogen) atoms. The predicted molar refractivity (Wildman–Crippen MR) is 117 cm³/mol. The molecule has 2 aromatic carbocycles. The minimum absolute atomic E-state index is 0.0491. The summed E-state index contributed by atoms with van der Waals surface area (Å²) in [6.45, 7) is -3.05. The van der Waals surface area contributed by atoms with Crippen LogP contribution in [0.25, 0.3) is 0 Å². The first-order chi connectivity index (χ1) is 14.4. The van der Waals surface area contributed by atoms with Crippen LogP contribution >= 0.6 is 22.6 Å². The van der Waals surface area contributed by atoms with E-state index in [4.69, 9.17) is 5.73 Å². The van der Waals surface area contributed by atoms with Crippen LogP contribution in [-0.4, -0.2) is 34.0 Å². The Labute approximate surface area is 183 Å². The topological polar surface area (TPSA) is 126 Å². The highest BCUT2D eigenvalue weighted by Gasteiger charge is 2.18. The first kappa shape index (κ1) is 21.5. The van der Waals surface area contributed by atoms with Crippen molar-refractivity contribution in [2.24, 2.45) is 10.7 Å². The van der Waals surface area contributed by atoms with Gasteiger partial charge in [-0.25, -0.2) is 4.99 Å². The molecule has 0 aliphatic heterocycles. The molecule has 0 radical (unpaired) electrons. The Hall–Kier alpha value is -3.22. The van der Waals surface area contributed by atoms with Crippen molar-refractivity contribution in [3.8, 4) is 11.5 Å². The molecule has 8 nitrogen and oxygen atoms in total. The van der Waals surface area contributed by atoms with Crippen molar-refractivity contribution < 1.29 is 23.4 Å². The second-order valence-electron chi connectivity index (χ2n) is 5.98. The number of rotatable bonds is 8. The summed E-state index contributed by atoms with van der Waals surface area (Å²) < 4.78 is 29.5. The number of aromatic hydroxyl groups is 1. The lowest BCUT2D eigenvalue weighted by Crippen LogP contribution is -2.12. The van der Waals surface area contributed by atoms with Gasteiger partial charge in [-0.05, 0) is 41.5 Å². The number of hydrogen-bond acceptors (Lipinski definition) is 6. The van der Waals surface area contributed by atoms with Gasteiger partial charge in [0.05, 0.1) is 0 Å². The number of nitrogens with zero attached hydrogens (tertiary/aromatic N) is 2. The maximum absolute atomic E-state index is 12.3. The van der Waals surface area contributed by atoms with Crippen LogP contribution in [0.3, 0.4) is 0 Å². The van der Waals surface area contributed by atoms with Gasteiger partial charge in [0.25, 0.3) is 5.91 Å². The Morgan fingerprint density at radius 2 is 2.17 bits per heavy atom. The molecule has 0 atom stereocenters. The van der Waals surface area contributed by atoms with E-state index in [1.165, 1.54) is 24.4 Å². The number of phenolic OH excluding ortho intramolecular Hbond substituents is 1. The maximum Gasteiger partial charge on any atom is 0.387 e. The van der Waals surface area contributed by atoms with Crippen LogP contribution in [0.5, 0.6) is 11.5 Å². The van der Waals surface area contributed by atoms with Crippen molar-refractivity contribution in [1.29, 1.82) is 0 Å². The number of amides is 1. The number of H-pyrrole nitrogens is 1. The molecule has 0 bridgehead atoms. The quantitative estimate of drug-likeness (QED) is 0.198. The minimum Gasteiger partial charge on any atom is -0.504 e. The molecule has 1 heterocycles. The fraction of sp³-hybridized carbons (Fsp3) is 0.105. The van der Waals surface area contributed by atoms with E-state index in [9.17, 15) is 18.7 Å². The first-order valence-corrected chi connectivity index (χ1v) is 10.0. The van der Waals surface area contributed by atoms with Gasteiger partial charge >= 0.3 is 6.61 Å². The van der Waals surface area contributed by atoms with Crippen LogP contribution in [0.2, 0.25) is 0 Å². The third-order valence-corrected chi connectivity index (χ3v) is 4.76. The van der Waals surface area contributed by atoms with Crippen molar-refractivity contribution in [3.05, 3.63) is 59.2 Å². The number of primary amides is 1. The smallest absolute Gasteiger partial charge is 0.387 e. The molecule has 0 aliphatic carbocycles. The lowest BCUT2D eigenvalue weighted by molar-refractivity contribution is -0.0512. The molecule has 0 saturated heterocycles. The number of anilines is 2. The van der Waals surface area contributed by atoms with Crippen molar-refractivity contribution in [3.63, 3.8) is 0 Å². The number of ether oxygens (including phenoxy) is 1. The molecule has 0 aliphatic rings. The molecule has 0 saturated carbocycles. The highest BCUT2D eigenvalue weighted by molar-refractivity contribution is 14.1. The van der Waals surface area contributed by atoms with Gasteiger partial charge in [-0.1, -0.05) is 34.7 Å². The molecular weight excluding hydrogens is 511 g/mol. The van der Waals surface area contributed by atoms with Gasteiger partial charge in [-0.2, -0.15) is 13.9 Å². The number of phenols is 1. The Bertz CT molecular complexity index is 1090. The fourth-order valence-corrected chi connectivity index (χ4v) is 3.04. The van der Waals surface area contributed by atoms with Crippen LogP contribution in [0.15, 0.2) is 47.5 Å². The summed E-state index contributed by atoms with van der Waals surface area (Å²) in [6.07, 6.45) is 1.31. The number of hydrogen-bond donors (Lipinski definition) is 4.